The zero-order chi connectivity index (χ0) is 14.8. The fourth-order valence-electron chi connectivity index (χ4n) is 3.35. The van der Waals surface area contributed by atoms with Gasteiger partial charge in [-0.25, -0.2) is 4.98 Å². The van der Waals surface area contributed by atoms with Gasteiger partial charge >= 0.3 is 0 Å². The van der Waals surface area contributed by atoms with Gasteiger partial charge in [-0.1, -0.05) is 6.92 Å². The molecule has 5 nitrogen and oxygen atoms in total. The summed E-state index contributed by atoms with van der Waals surface area (Å²) in [6.45, 7) is 6.61. The maximum Gasteiger partial charge on any atom is 0.121 e. The van der Waals surface area contributed by atoms with Crippen LogP contribution in [0.25, 0.3) is 11.0 Å². The molecule has 2 aromatic rings. The fourth-order valence-corrected chi connectivity index (χ4v) is 3.35. The van der Waals surface area contributed by atoms with E-state index in [1.54, 1.807) is 0 Å². The number of nitrogens with one attached hydrogen (secondary N) is 1. The van der Waals surface area contributed by atoms with Crippen LogP contribution in [0.5, 0.6) is 0 Å². The van der Waals surface area contributed by atoms with Crippen molar-refractivity contribution in [3.63, 3.8) is 0 Å². The van der Waals surface area contributed by atoms with Gasteiger partial charge in [0.1, 0.15) is 5.82 Å². The van der Waals surface area contributed by atoms with E-state index < -0.39 is 0 Å². The maximum absolute atomic E-state index is 5.81. The Morgan fingerprint density at radius 1 is 1.48 bits per heavy atom. The number of rotatable bonds is 5. The lowest BCUT2D eigenvalue weighted by Gasteiger charge is -2.27. The average Bonchev–Trinajstić information content (AvgIpc) is 3.03. The zero-order valence-electron chi connectivity index (χ0n) is 13.0. The number of benzene rings is 1. The highest BCUT2D eigenvalue weighted by molar-refractivity contribution is 5.78. The summed E-state index contributed by atoms with van der Waals surface area (Å²) in [5.41, 5.74) is 8.60. The summed E-state index contributed by atoms with van der Waals surface area (Å²) in [6.07, 6.45) is 2.64. The van der Waals surface area contributed by atoms with Crippen molar-refractivity contribution in [3.8, 4) is 0 Å². The SMILES string of the molecule is CCN1CCCC1CN(C)Cc1nc2ccc(N)cc2[nH]1. The zero-order valence-corrected chi connectivity index (χ0v) is 13.0. The number of anilines is 1. The molecule has 1 unspecified atom stereocenters. The third-order valence-electron chi connectivity index (χ3n) is 4.40. The third-order valence-corrected chi connectivity index (χ3v) is 4.40. The minimum Gasteiger partial charge on any atom is -0.399 e. The van der Waals surface area contributed by atoms with Crippen molar-refractivity contribution in [3.05, 3.63) is 24.0 Å². The lowest BCUT2D eigenvalue weighted by Crippen LogP contribution is -2.38. The molecule has 3 N–H and O–H groups in total. The normalized spacial score (nSPS) is 19.9. The predicted molar refractivity (Wildman–Crippen MR) is 87.1 cm³/mol. The molecule has 1 aromatic heterocycles. The summed E-state index contributed by atoms with van der Waals surface area (Å²) < 4.78 is 0. The maximum atomic E-state index is 5.81. The molecule has 1 fully saturated rings. The van der Waals surface area contributed by atoms with Crippen LogP contribution in [0.2, 0.25) is 0 Å². The monoisotopic (exact) mass is 287 g/mol. The van der Waals surface area contributed by atoms with Gasteiger partial charge in [-0.2, -0.15) is 0 Å². The summed E-state index contributed by atoms with van der Waals surface area (Å²) in [6, 6.07) is 6.51. The molecule has 1 atom stereocenters. The first-order chi connectivity index (χ1) is 10.2. The van der Waals surface area contributed by atoms with Crippen molar-refractivity contribution < 1.29 is 0 Å². The number of nitrogens with zero attached hydrogens (tertiary/aromatic N) is 3. The molecule has 0 radical (unpaired) electrons. The van der Waals surface area contributed by atoms with E-state index in [-0.39, 0.29) is 0 Å². The van der Waals surface area contributed by atoms with Gasteiger partial charge in [-0.3, -0.25) is 9.80 Å². The highest BCUT2D eigenvalue weighted by atomic mass is 15.2. The van der Waals surface area contributed by atoms with Crippen LogP contribution < -0.4 is 5.73 Å². The van der Waals surface area contributed by atoms with Gasteiger partial charge in [-0.05, 0) is 51.2 Å². The average molecular weight is 287 g/mol. The highest BCUT2D eigenvalue weighted by Crippen LogP contribution is 2.19. The van der Waals surface area contributed by atoms with Gasteiger partial charge in [0.05, 0.1) is 17.6 Å². The van der Waals surface area contributed by atoms with Gasteiger partial charge in [-0.15, -0.1) is 0 Å². The molecule has 3 rings (SSSR count). The van der Waals surface area contributed by atoms with Gasteiger partial charge in [0.2, 0.25) is 0 Å². The number of hydrogen-bond acceptors (Lipinski definition) is 4. The fraction of sp³-hybridized carbons (Fsp3) is 0.562. The van der Waals surface area contributed by atoms with Crippen molar-refractivity contribution in [2.75, 3.05) is 32.4 Å². The van der Waals surface area contributed by atoms with Crippen LogP contribution in [0.1, 0.15) is 25.6 Å². The Hall–Kier alpha value is -1.59. The van der Waals surface area contributed by atoms with Crippen molar-refractivity contribution in [2.45, 2.75) is 32.4 Å². The number of H-pyrrole nitrogens is 1. The van der Waals surface area contributed by atoms with Crippen LogP contribution in [-0.4, -0.2) is 52.5 Å². The first-order valence-corrected chi connectivity index (χ1v) is 7.82. The van der Waals surface area contributed by atoms with Gasteiger partial charge in [0.25, 0.3) is 0 Å². The molecule has 1 aliphatic rings. The topological polar surface area (TPSA) is 61.2 Å². The molecule has 0 spiro atoms. The number of nitrogens with two attached hydrogens (primary N) is 1. The van der Waals surface area contributed by atoms with Crippen LogP contribution in [0, 0.1) is 0 Å². The Morgan fingerprint density at radius 2 is 2.33 bits per heavy atom. The van der Waals surface area contributed by atoms with Crippen LogP contribution in [0.3, 0.4) is 0 Å². The summed E-state index contributed by atoms with van der Waals surface area (Å²) >= 11 is 0. The number of likely N-dealkylation sites (N-methyl/N-ethyl adjacent to an activating group) is 2. The highest BCUT2D eigenvalue weighted by Gasteiger charge is 2.24. The molecule has 1 aromatic carbocycles. The van der Waals surface area contributed by atoms with E-state index in [0.717, 1.165) is 42.2 Å². The molecule has 0 amide bonds. The first-order valence-electron chi connectivity index (χ1n) is 7.82. The van der Waals surface area contributed by atoms with Crippen LogP contribution in [0.4, 0.5) is 5.69 Å². The van der Waals surface area contributed by atoms with Gasteiger partial charge in [0.15, 0.2) is 0 Å². The Bertz CT molecular complexity index is 606. The Balaban J connectivity index is 1.64. The molecule has 114 valence electrons. The minimum absolute atomic E-state index is 0.694. The predicted octanol–water partition coefficient (Wildman–Crippen LogP) is 2.06. The molecule has 1 aliphatic heterocycles. The van der Waals surface area contributed by atoms with Crippen LogP contribution in [0.15, 0.2) is 18.2 Å². The van der Waals surface area contributed by atoms with Crippen molar-refractivity contribution in [1.29, 1.82) is 0 Å². The quantitative estimate of drug-likeness (QED) is 0.826. The number of hydrogen-bond donors (Lipinski definition) is 2. The van der Waals surface area contributed by atoms with Gasteiger partial charge < -0.3 is 10.7 Å². The smallest absolute Gasteiger partial charge is 0.121 e. The van der Waals surface area contributed by atoms with Crippen molar-refractivity contribution in [1.82, 2.24) is 19.8 Å². The number of aromatic nitrogens is 2. The van der Waals surface area contributed by atoms with E-state index >= 15 is 0 Å². The molecule has 2 heterocycles. The largest absolute Gasteiger partial charge is 0.399 e. The molecule has 1 saturated heterocycles. The standard InChI is InChI=1S/C16H25N5/c1-3-21-8-4-5-13(21)10-20(2)11-16-18-14-7-6-12(17)9-15(14)19-16/h6-7,9,13H,3-5,8,10-11,17H2,1-2H3,(H,18,19). The molecule has 21 heavy (non-hydrogen) atoms. The third kappa shape index (κ3) is 3.19. The first kappa shape index (κ1) is 14.4. The molecule has 5 heteroatoms. The Labute approximate surface area is 126 Å². The van der Waals surface area contributed by atoms with E-state index in [1.807, 2.05) is 18.2 Å². The summed E-state index contributed by atoms with van der Waals surface area (Å²) in [4.78, 5) is 13.0. The second-order valence-corrected chi connectivity index (χ2v) is 6.08. The molecule has 0 bridgehead atoms. The van der Waals surface area contributed by atoms with E-state index in [1.165, 1.54) is 19.4 Å². The van der Waals surface area contributed by atoms with Crippen LogP contribution in [-0.2, 0) is 6.54 Å². The number of likely N-dealkylation sites (tertiary alicyclic amines) is 1. The van der Waals surface area contributed by atoms with E-state index in [9.17, 15) is 0 Å². The number of nitrogen functional groups attached to an aromatic ring is 1. The van der Waals surface area contributed by atoms with Crippen molar-refractivity contribution in [2.24, 2.45) is 0 Å². The Morgan fingerprint density at radius 3 is 3.14 bits per heavy atom. The van der Waals surface area contributed by atoms with E-state index in [0.29, 0.717) is 6.04 Å². The lowest BCUT2D eigenvalue weighted by molar-refractivity contribution is 0.193. The van der Waals surface area contributed by atoms with Gasteiger partial charge in [0, 0.05) is 18.3 Å². The second kappa shape index (κ2) is 6.03. The summed E-state index contributed by atoms with van der Waals surface area (Å²) in [5, 5.41) is 0. The second-order valence-electron chi connectivity index (χ2n) is 6.08. The van der Waals surface area contributed by atoms with Crippen LogP contribution >= 0.6 is 0 Å². The van der Waals surface area contributed by atoms with E-state index in [2.05, 4.69) is 33.7 Å². The minimum atomic E-state index is 0.694. The molecular weight excluding hydrogens is 262 g/mol. The molecule has 0 saturated carbocycles. The van der Waals surface area contributed by atoms with E-state index in [4.69, 9.17) is 5.73 Å². The van der Waals surface area contributed by atoms with Crippen molar-refractivity contribution >= 4 is 16.7 Å². The molecule has 0 aliphatic carbocycles. The number of aromatic amines is 1. The summed E-state index contributed by atoms with van der Waals surface area (Å²) in [7, 11) is 2.17. The number of imidazole rings is 1. The summed E-state index contributed by atoms with van der Waals surface area (Å²) in [5.74, 6) is 1.01. The Kier molecular flexibility index (Phi) is 4.12. The number of fused-ring (bicyclic) bond motifs is 1. The molecular formula is C16H25N5. The lowest BCUT2D eigenvalue weighted by atomic mass is 10.2.